The van der Waals surface area contributed by atoms with E-state index >= 15 is 0 Å². The SMILES string of the molecule is COC(=O)N1c2ccc(C(CN)CNC3CC3)cc2N(C(=O)OC2CCOCC2)C[C@@H]1C. The number of hydrogen-bond acceptors (Lipinski definition) is 7. The summed E-state index contributed by atoms with van der Waals surface area (Å²) in [7, 11) is 1.36. The van der Waals surface area contributed by atoms with E-state index in [4.69, 9.17) is 19.9 Å². The quantitative estimate of drug-likeness (QED) is 0.692. The third-order valence-corrected chi connectivity index (χ3v) is 6.45. The van der Waals surface area contributed by atoms with Crippen molar-refractivity contribution in [1.29, 1.82) is 0 Å². The number of anilines is 2. The van der Waals surface area contributed by atoms with Crippen LogP contribution >= 0.6 is 0 Å². The van der Waals surface area contributed by atoms with Gasteiger partial charge < -0.3 is 25.3 Å². The Hall–Kier alpha value is -2.36. The molecule has 1 saturated carbocycles. The second-order valence-electron chi connectivity index (χ2n) is 8.86. The van der Waals surface area contributed by atoms with Crippen LogP contribution in [0.4, 0.5) is 21.0 Å². The van der Waals surface area contributed by atoms with Gasteiger partial charge in [-0.3, -0.25) is 9.80 Å². The summed E-state index contributed by atoms with van der Waals surface area (Å²) in [6, 6.07) is 6.16. The maximum Gasteiger partial charge on any atom is 0.414 e. The minimum atomic E-state index is -0.449. The van der Waals surface area contributed by atoms with E-state index in [1.54, 1.807) is 9.80 Å². The average molecular weight is 447 g/mol. The lowest BCUT2D eigenvalue weighted by molar-refractivity contribution is 0.00366. The topological polar surface area (TPSA) is 106 Å². The van der Waals surface area contributed by atoms with E-state index in [9.17, 15) is 9.59 Å². The van der Waals surface area contributed by atoms with E-state index < -0.39 is 12.2 Å². The molecule has 1 aliphatic carbocycles. The molecule has 2 amide bonds. The van der Waals surface area contributed by atoms with Crippen LogP contribution in [0.1, 0.15) is 44.1 Å². The highest BCUT2D eigenvalue weighted by molar-refractivity contribution is 6.01. The van der Waals surface area contributed by atoms with E-state index in [-0.39, 0.29) is 18.1 Å². The molecule has 0 radical (unpaired) electrons. The molecule has 2 heterocycles. The molecule has 0 bridgehead atoms. The summed E-state index contributed by atoms with van der Waals surface area (Å²) in [4.78, 5) is 28.9. The Kier molecular flexibility index (Phi) is 7.17. The predicted molar refractivity (Wildman–Crippen MR) is 121 cm³/mol. The summed E-state index contributed by atoms with van der Waals surface area (Å²) in [5.41, 5.74) is 8.39. The normalized spacial score (nSPS) is 22.3. The monoisotopic (exact) mass is 446 g/mol. The smallest absolute Gasteiger partial charge is 0.414 e. The van der Waals surface area contributed by atoms with Gasteiger partial charge in [-0.2, -0.15) is 0 Å². The van der Waals surface area contributed by atoms with Gasteiger partial charge in [0, 0.05) is 37.9 Å². The molecule has 3 N–H and O–H groups in total. The molecule has 9 nitrogen and oxygen atoms in total. The fraction of sp³-hybridized carbons (Fsp3) is 0.652. The molecule has 9 heteroatoms. The molecule has 1 saturated heterocycles. The predicted octanol–water partition coefficient (Wildman–Crippen LogP) is 2.58. The van der Waals surface area contributed by atoms with E-state index in [0.717, 1.165) is 12.1 Å². The Balaban J connectivity index is 1.62. The fourth-order valence-corrected chi connectivity index (χ4v) is 4.38. The number of carbonyl (C=O) groups is 2. The second kappa shape index (κ2) is 10.1. The van der Waals surface area contributed by atoms with Gasteiger partial charge in [-0.25, -0.2) is 9.59 Å². The zero-order valence-electron chi connectivity index (χ0n) is 18.9. The van der Waals surface area contributed by atoms with Crippen molar-refractivity contribution in [3.63, 3.8) is 0 Å². The molecule has 2 atom stereocenters. The summed E-state index contributed by atoms with van der Waals surface area (Å²) in [5, 5.41) is 3.54. The van der Waals surface area contributed by atoms with Crippen molar-refractivity contribution in [3.8, 4) is 0 Å². The van der Waals surface area contributed by atoms with Crippen molar-refractivity contribution in [2.24, 2.45) is 5.73 Å². The van der Waals surface area contributed by atoms with Crippen molar-refractivity contribution in [2.45, 2.75) is 56.7 Å². The van der Waals surface area contributed by atoms with Gasteiger partial charge in [0.2, 0.25) is 0 Å². The molecule has 1 aromatic carbocycles. The van der Waals surface area contributed by atoms with Crippen molar-refractivity contribution >= 4 is 23.6 Å². The molecule has 1 unspecified atom stereocenters. The van der Waals surface area contributed by atoms with Crippen molar-refractivity contribution in [2.75, 3.05) is 49.8 Å². The van der Waals surface area contributed by atoms with Crippen LogP contribution in [-0.2, 0) is 14.2 Å². The van der Waals surface area contributed by atoms with Crippen molar-refractivity contribution in [3.05, 3.63) is 23.8 Å². The molecule has 32 heavy (non-hydrogen) atoms. The Bertz CT molecular complexity index is 825. The van der Waals surface area contributed by atoms with Gasteiger partial charge >= 0.3 is 12.2 Å². The number of nitrogens with two attached hydrogens (primary N) is 1. The zero-order valence-corrected chi connectivity index (χ0v) is 18.9. The van der Waals surface area contributed by atoms with Crippen LogP contribution in [0.25, 0.3) is 0 Å². The Labute approximate surface area is 189 Å². The largest absolute Gasteiger partial charge is 0.452 e. The van der Waals surface area contributed by atoms with Gasteiger partial charge in [-0.1, -0.05) is 6.07 Å². The first-order valence-electron chi connectivity index (χ1n) is 11.5. The van der Waals surface area contributed by atoms with Crippen LogP contribution in [0.3, 0.4) is 0 Å². The lowest BCUT2D eigenvalue weighted by Gasteiger charge is -2.40. The second-order valence-corrected chi connectivity index (χ2v) is 8.86. The van der Waals surface area contributed by atoms with E-state index in [0.29, 0.717) is 56.6 Å². The maximum absolute atomic E-state index is 13.2. The van der Waals surface area contributed by atoms with Crippen LogP contribution < -0.4 is 20.9 Å². The Morgan fingerprint density at radius 2 is 1.94 bits per heavy atom. The molecular weight excluding hydrogens is 412 g/mol. The number of nitrogens with one attached hydrogen (secondary N) is 1. The lowest BCUT2D eigenvalue weighted by atomic mass is 9.96. The molecular formula is C23H34N4O5. The number of hydrogen-bond donors (Lipinski definition) is 2. The number of nitrogens with zero attached hydrogens (tertiary/aromatic N) is 2. The van der Waals surface area contributed by atoms with Gasteiger partial charge in [-0.05, 0) is 37.5 Å². The first-order chi connectivity index (χ1) is 15.5. The first kappa shape index (κ1) is 22.8. The summed E-state index contributed by atoms with van der Waals surface area (Å²) < 4.78 is 16.2. The van der Waals surface area contributed by atoms with Crippen LogP contribution in [0.5, 0.6) is 0 Å². The molecule has 1 aromatic rings. The zero-order chi connectivity index (χ0) is 22.7. The highest BCUT2D eigenvalue weighted by Gasteiger charge is 2.37. The number of carbonyl (C=O) groups excluding carboxylic acids is 2. The summed E-state index contributed by atoms with van der Waals surface area (Å²) in [5.74, 6) is 0.111. The van der Waals surface area contributed by atoms with Gasteiger partial charge in [0.25, 0.3) is 0 Å². The van der Waals surface area contributed by atoms with Crippen LogP contribution in [-0.4, -0.2) is 70.3 Å². The number of amides is 2. The number of benzene rings is 1. The number of ether oxygens (including phenoxy) is 3. The van der Waals surface area contributed by atoms with Crippen molar-refractivity contribution < 1.29 is 23.8 Å². The van der Waals surface area contributed by atoms with Crippen molar-refractivity contribution in [1.82, 2.24) is 5.32 Å². The standard InChI is InChI=1S/C23H34N4O5/c1-15-14-26(22(28)32-19-7-9-31-10-8-19)21-11-16(17(12-24)13-25-18-4-5-18)3-6-20(21)27(15)23(29)30-2/h3,6,11,15,17-19,25H,4-5,7-10,12-14,24H2,1-2H3/t15-,17?/m0/s1. The highest BCUT2D eigenvalue weighted by Crippen LogP contribution is 2.39. The summed E-state index contributed by atoms with van der Waals surface area (Å²) in [6.07, 6.45) is 2.80. The molecule has 0 spiro atoms. The lowest BCUT2D eigenvalue weighted by Crippen LogP contribution is -2.52. The Morgan fingerprint density at radius 1 is 1.19 bits per heavy atom. The summed E-state index contributed by atoms with van der Waals surface area (Å²) >= 11 is 0. The maximum atomic E-state index is 13.2. The third kappa shape index (κ3) is 5.00. The van der Waals surface area contributed by atoms with Crippen LogP contribution in [0.2, 0.25) is 0 Å². The van der Waals surface area contributed by atoms with Gasteiger partial charge in [-0.15, -0.1) is 0 Å². The van der Waals surface area contributed by atoms with E-state index in [1.807, 2.05) is 25.1 Å². The van der Waals surface area contributed by atoms with Gasteiger partial charge in [0.1, 0.15) is 6.10 Å². The van der Waals surface area contributed by atoms with E-state index in [1.165, 1.54) is 20.0 Å². The van der Waals surface area contributed by atoms with E-state index in [2.05, 4.69) is 5.32 Å². The average Bonchev–Trinajstić information content (AvgIpc) is 3.63. The van der Waals surface area contributed by atoms with Gasteiger partial charge in [0.05, 0.1) is 44.3 Å². The highest BCUT2D eigenvalue weighted by atomic mass is 16.6. The fourth-order valence-electron chi connectivity index (χ4n) is 4.38. The summed E-state index contributed by atoms with van der Waals surface area (Å²) in [6.45, 7) is 4.67. The van der Waals surface area contributed by atoms with Crippen LogP contribution in [0, 0.1) is 0 Å². The number of fused-ring (bicyclic) bond motifs is 1. The molecule has 3 aliphatic rings. The van der Waals surface area contributed by atoms with Gasteiger partial charge in [0.15, 0.2) is 0 Å². The Morgan fingerprint density at radius 3 is 2.59 bits per heavy atom. The molecule has 2 fully saturated rings. The number of methoxy groups -OCH3 is 1. The van der Waals surface area contributed by atoms with Crippen LogP contribution in [0.15, 0.2) is 18.2 Å². The molecule has 176 valence electrons. The first-order valence-corrected chi connectivity index (χ1v) is 11.5. The number of rotatable bonds is 6. The minimum absolute atomic E-state index is 0.111. The molecule has 2 aliphatic heterocycles. The molecule has 0 aromatic heterocycles. The molecule has 4 rings (SSSR count). The minimum Gasteiger partial charge on any atom is -0.452 e. The third-order valence-electron chi connectivity index (χ3n) is 6.45.